The molecule has 5 aliphatic rings. The molecule has 5 heterocycles. The van der Waals surface area contributed by atoms with E-state index in [9.17, 15) is 28.8 Å². The Morgan fingerprint density at radius 2 is 1.46 bits per heavy atom. The Balaban J connectivity index is 0.000000210. The number of carbonyl (C=O) groups is 6. The fourth-order valence-electron chi connectivity index (χ4n) is 10.3. The second kappa shape index (κ2) is 26.3. The van der Waals surface area contributed by atoms with Crippen molar-refractivity contribution in [1.82, 2.24) is 30.4 Å². The zero-order valence-electron chi connectivity index (χ0n) is 45.4. The standard InChI is InChI=1S/C30H36ClN3O7.C28H32ClN3O7/c1-5-8-9-10-13-40-29(37)34-18-22(41-27-23-12-11-21(38-4)14-19(23)15-25(31)32-27)16-24(34)26(35)33-30(17-20(30)6-2)28(36)39-7-3;1-3-37-26(34)28-15-18(28)8-6-4-5-7-11-38-27(35)32-16-20(14-22(32)24(33)31-28)39-25-21-10-9-19(36-2)12-17(21)13-23(29)30-25/h5-6,11-12,14-15,20,22,24H,1-2,7-10,13,16-18H2,3-4H3,(H,33,35);6,8-10,12-13,18,20,22H,3-5,7,11,14-16H2,1-2H3,(H,31,33)/b;8-6-/t20-,22-,24+,30-;18-,20-,22+,28-/m11/s1. The molecule has 2 saturated carbocycles. The van der Waals surface area contributed by atoms with E-state index in [-0.39, 0.29) is 80.4 Å². The first kappa shape index (κ1) is 58.8. The van der Waals surface area contributed by atoms with Crippen LogP contribution in [0.2, 0.25) is 10.3 Å². The molecule has 4 fully saturated rings. The SMILES string of the molecule is C=CCCCCOC(=O)N1C[C@H](Oc2nc(Cl)cc3cc(OC)ccc23)C[C@H]1C(=O)N[C@]1(C(=O)OCC)C[C@H]1C=C.CCOC(=O)[C@@]12C[C@H]1/C=C\CCCCOC(=O)N1C[C@H](Oc3nc(Cl)cc4cc(OC)ccc34)C[C@H]1C(=O)N2. The highest BCUT2D eigenvalue weighted by Gasteiger charge is 2.63. The molecule has 0 radical (unpaired) electrons. The molecule has 2 N–H and O–H groups in total. The molecule has 2 aromatic carbocycles. The number of carbonyl (C=O) groups excluding carboxylic acids is 6. The maximum absolute atomic E-state index is 13.6. The highest BCUT2D eigenvalue weighted by atomic mass is 35.5. The van der Waals surface area contributed by atoms with Crippen LogP contribution in [-0.2, 0) is 38.1 Å². The quantitative estimate of drug-likeness (QED) is 0.0311. The van der Waals surface area contributed by atoms with Crippen LogP contribution in [0.3, 0.4) is 0 Å². The smallest absolute Gasteiger partial charge is 0.410 e. The number of fused-ring (bicyclic) bond motifs is 4. The first-order valence-corrected chi connectivity index (χ1v) is 27.7. The molecule has 2 saturated heterocycles. The Bertz CT molecular complexity index is 3020. The summed E-state index contributed by atoms with van der Waals surface area (Å²) in [7, 11) is 3.15. The molecule has 8 atom stereocenters. The van der Waals surface area contributed by atoms with Crippen LogP contribution in [0.5, 0.6) is 23.3 Å². The minimum atomic E-state index is -1.20. The number of hydrogen-bond acceptors (Lipinski definition) is 16. The molecule has 0 unspecified atom stereocenters. The van der Waals surface area contributed by atoms with Gasteiger partial charge in [-0.15, -0.1) is 13.2 Å². The van der Waals surface area contributed by atoms with E-state index in [1.165, 1.54) is 9.80 Å². The molecule has 3 aliphatic heterocycles. The number of aromatic nitrogens is 2. The Morgan fingerprint density at radius 1 is 0.825 bits per heavy atom. The lowest BCUT2D eigenvalue weighted by Gasteiger charge is -2.25. The van der Waals surface area contributed by atoms with Crippen LogP contribution in [0, 0.1) is 11.8 Å². The van der Waals surface area contributed by atoms with Gasteiger partial charge >= 0.3 is 24.1 Å². The lowest BCUT2D eigenvalue weighted by molar-refractivity contribution is -0.150. The molecule has 22 heteroatoms. The van der Waals surface area contributed by atoms with Crippen LogP contribution >= 0.6 is 23.2 Å². The van der Waals surface area contributed by atoms with Gasteiger partial charge in [0.05, 0.1) is 53.7 Å². The normalized spacial score (nSPS) is 25.4. The van der Waals surface area contributed by atoms with Crippen molar-refractivity contribution in [1.29, 1.82) is 0 Å². The van der Waals surface area contributed by atoms with E-state index in [0.717, 1.165) is 41.8 Å². The van der Waals surface area contributed by atoms with Crippen molar-refractivity contribution in [3.63, 3.8) is 0 Å². The number of allylic oxidation sites excluding steroid dienone is 2. The van der Waals surface area contributed by atoms with Gasteiger partial charge in [-0.2, -0.15) is 0 Å². The number of unbranched alkanes of at least 4 members (excludes halogenated alkanes) is 2. The second-order valence-corrected chi connectivity index (χ2v) is 20.9. The van der Waals surface area contributed by atoms with Gasteiger partial charge in [0.2, 0.25) is 23.6 Å². The number of ether oxygens (including phenoxy) is 8. The van der Waals surface area contributed by atoms with Crippen molar-refractivity contribution < 1.29 is 66.7 Å². The number of pyridine rings is 2. The van der Waals surface area contributed by atoms with Crippen LogP contribution in [-0.4, -0.2) is 145 Å². The predicted molar refractivity (Wildman–Crippen MR) is 297 cm³/mol. The molecule has 2 aliphatic carbocycles. The molecule has 20 nitrogen and oxygen atoms in total. The van der Waals surface area contributed by atoms with Gasteiger partial charge in [0.15, 0.2) is 0 Å². The summed E-state index contributed by atoms with van der Waals surface area (Å²) in [6.45, 7) is 11.9. The van der Waals surface area contributed by atoms with E-state index >= 15 is 0 Å². The summed E-state index contributed by atoms with van der Waals surface area (Å²) in [5.74, 6) is -0.473. The number of hydrogen-bond donors (Lipinski definition) is 2. The van der Waals surface area contributed by atoms with E-state index in [0.29, 0.717) is 48.4 Å². The van der Waals surface area contributed by atoms with Crippen LogP contribution in [0.1, 0.15) is 78.1 Å². The minimum absolute atomic E-state index is 0.0761. The van der Waals surface area contributed by atoms with Crippen molar-refractivity contribution in [2.75, 3.05) is 53.7 Å². The summed E-state index contributed by atoms with van der Waals surface area (Å²) in [5, 5.41) is 9.19. The molecule has 428 valence electrons. The molecule has 4 aromatic rings. The molecule has 0 spiro atoms. The van der Waals surface area contributed by atoms with Crippen molar-refractivity contribution in [2.45, 2.75) is 113 Å². The molecule has 0 bridgehead atoms. The maximum atomic E-state index is 13.6. The lowest BCUT2D eigenvalue weighted by Crippen LogP contribution is -2.53. The van der Waals surface area contributed by atoms with Gasteiger partial charge in [-0.3, -0.25) is 19.4 Å². The summed E-state index contributed by atoms with van der Waals surface area (Å²) >= 11 is 12.6. The van der Waals surface area contributed by atoms with Crippen molar-refractivity contribution in [3.8, 4) is 23.3 Å². The van der Waals surface area contributed by atoms with Crippen molar-refractivity contribution in [2.24, 2.45) is 11.8 Å². The third kappa shape index (κ3) is 13.5. The molecule has 80 heavy (non-hydrogen) atoms. The Morgan fingerprint density at radius 3 is 2.06 bits per heavy atom. The number of cyclic esters (lactones) is 1. The number of rotatable bonds is 18. The third-order valence-corrected chi connectivity index (χ3v) is 15.2. The van der Waals surface area contributed by atoms with E-state index in [4.69, 9.17) is 61.1 Å². The predicted octanol–water partition coefficient (Wildman–Crippen LogP) is 8.87. The van der Waals surface area contributed by atoms with Crippen molar-refractivity contribution in [3.05, 3.63) is 96.3 Å². The average Bonchev–Trinajstić information content (AvgIpc) is 4.21. The summed E-state index contributed by atoms with van der Waals surface area (Å²) < 4.78 is 44.6. The van der Waals surface area contributed by atoms with Gasteiger partial charge in [-0.1, -0.05) is 47.5 Å². The Labute approximate surface area is 474 Å². The van der Waals surface area contributed by atoms with Crippen molar-refractivity contribution >= 4 is 80.7 Å². The fraction of sp³-hybridized carbons (Fsp3) is 0.483. The van der Waals surface area contributed by atoms with Crippen LogP contribution in [0.25, 0.3) is 21.5 Å². The molecule has 9 rings (SSSR count). The number of nitrogens with zero attached hydrogens (tertiary/aromatic N) is 4. The largest absolute Gasteiger partial charge is 0.497 e. The fourth-order valence-corrected chi connectivity index (χ4v) is 10.7. The third-order valence-electron chi connectivity index (χ3n) is 14.8. The molecule has 2 aromatic heterocycles. The monoisotopic (exact) mass is 1140 g/mol. The van der Waals surface area contributed by atoms with E-state index < -0.39 is 71.3 Å². The lowest BCUT2D eigenvalue weighted by atomic mass is 10.1. The Kier molecular flexibility index (Phi) is 19.3. The Hall–Kier alpha value is -7.32. The summed E-state index contributed by atoms with van der Waals surface area (Å²) in [6.07, 6.45) is 10.8. The van der Waals surface area contributed by atoms with Crippen LogP contribution in [0.4, 0.5) is 9.59 Å². The summed E-state index contributed by atoms with van der Waals surface area (Å²) in [5.41, 5.74) is -2.33. The van der Waals surface area contributed by atoms with E-state index in [1.54, 1.807) is 58.4 Å². The highest BCUT2D eigenvalue weighted by molar-refractivity contribution is 6.30. The molecular formula is C58H68Cl2N6O14. The molecular weight excluding hydrogens is 1080 g/mol. The zero-order chi connectivity index (χ0) is 57.1. The number of benzene rings is 2. The maximum Gasteiger partial charge on any atom is 0.410 e. The van der Waals surface area contributed by atoms with Gasteiger partial charge in [0.25, 0.3) is 0 Å². The van der Waals surface area contributed by atoms with E-state index in [1.807, 2.05) is 42.5 Å². The van der Waals surface area contributed by atoms with Gasteiger partial charge in [-0.25, -0.2) is 29.1 Å². The summed E-state index contributed by atoms with van der Waals surface area (Å²) in [6, 6.07) is 12.4. The van der Waals surface area contributed by atoms with Gasteiger partial charge < -0.3 is 48.5 Å². The number of halogens is 2. The van der Waals surface area contributed by atoms with Gasteiger partial charge in [-0.05, 0) is 125 Å². The summed E-state index contributed by atoms with van der Waals surface area (Å²) in [4.78, 5) is 90.5. The van der Waals surface area contributed by atoms with Crippen LogP contribution in [0.15, 0.2) is 86.0 Å². The van der Waals surface area contributed by atoms with E-state index in [2.05, 4.69) is 33.8 Å². The average molecular weight is 1140 g/mol. The first-order chi connectivity index (χ1) is 38.6. The van der Waals surface area contributed by atoms with Crippen LogP contribution < -0.4 is 29.6 Å². The highest BCUT2D eigenvalue weighted by Crippen LogP contribution is 2.47. The first-order valence-electron chi connectivity index (χ1n) is 27.0. The number of nitrogens with one attached hydrogen (secondary N) is 2. The molecule has 4 amide bonds. The number of amides is 4. The number of methoxy groups -OCH3 is 2. The minimum Gasteiger partial charge on any atom is -0.497 e. The van der Waals surface area contributed by atoms with Gasteiger partial charge in [0.1, 0.15) is 57.2 Å². The van der Waals surface area contributed by atoms with Gasteiger partial charge in [0, 0.05) is 35.4 Å². The second-order valence-electron chi connectivity index (χ2n) is 20.1. The number of likely N-dealkylation sites (tertiary alicyclic amines) is 1. The topological polar surface area (TPSA) is 233 Å². The number of esters is 2. The zero-order valence-corrected chi connectivity index (χ0v) is 46.9.